The third-order valence-electron chi connectivity index (χ3n) is 3.66. The minimum absolute atomic E-state index is 0.0285. The summed E-state index contributed by atoms with van der Waals surface area (Å²) in [6.07, 6.45) is 0.630. The molecule has 1 atom stereocenters. The van der Waals surface area contributed by atoms with Crippen LogP contribution in [-0.4, -0.2) is 12.9 Å². The Balaban J connectivity index is 2.09. The number of benzene rings is 2. The molecule has 0 fully saturated rings. The molecule has 2 aromatic rings. The highest BCUT2D eigenvalue weighted by Gasteiger charge is 2.35. The van der Waals surface area contributed by atoms with E-state index in [0.717, 1.165) is 11.1 Å². The second kappa shape index (κ2) is 5.12. The number of carbonyl (C=O) groups is 1. The number of halogens is 2. The smallest absolute Gasteiger partial charge is 0.172 e. The van der Waals surface area contributed by atoms with Crippen LogP contribution in [0.25, 0.3) is 0 Å². The van der Waals surface area contributed by atoms with Crippen molar-refractivity contribution < 1.29 is 9.53 Å². The van der Waals surface area contributed by atoms with Crippen molar-refractivity contribution in [3.8, 4) is 5.75 Å². The van der Waals surface area contributed by atoms with Crippen LogP contribution in [0.4, 0.5) is 0 Å². The van der Waals surface area contributed by atoms with Gasteiger partial charge in [-0.1, -0.05) is 53.5 Å². The van der Waals surface area contributed by atoms with Crippen molar-refractivity contribution >= 4 is 29.0 Å². The second-order valence-corrected chi connectivity index (χ2v) is 5.53. The number of ketones is 1. The Labute approximate surface area is 127 Å². The summed E-state index contributed by atoms with van der Waals surface area (Å²) in [6.45, 7) is 0. The zero-order valence-electron chi connectivity index (χ0n) is 10.8. The van der Waals surface area contributed by atoms with Crippen molar-refractivity contribution in [3.05, 3.63) is 63.1 Å². The van der Waals surface area contributed by atoms with Crippen molar-refractivity contribution in [1.82, 2.24) is 0 Å². The minimum Gasteiger partial charge on any atom is -0.495 e. The molecule has 0 saturated carbocycles. The Bertz CT molecular complexity index is 681. The van der Waals surface area contributed by atoms with Crippen molar-refractivity contribution in [2.24, 2.45) is 0 Å². The third-order valence-corrected chi connectivity index (χ3v) is 4.51. The first-order chi connectivity index (χ1) is 9.63. The molecule has 0 saturated heterocycles. The number of Topliss-reactive ketones (excluding diaryl/α,β-unsaturated/α-hetero) is 1. The lowest BCUT2D eigenvalue weighted by atomic mass is 9.95. The standard InChI is InChI=1S/C16H12Cl2O2/c1-20-12-8-10-7-11(9-5-3-2-4-6-9)16(19)13(10)15(18)14(12)17/h2-6,8,11H,7H2,1H3/t11-/m1/s1. The molecule has 2 nitrogen and oxygen atoms in total. The fourth-order valence-electron chi connectivity index (χ4n) is 2.67. The monoisotopic (exact) mass is 306 g/mol. The molecule has 0 spiro atoms. The molecule has 3 rings (SSSR count). The number of rotatable bonds is 2. The highest BCUT2D eigenvalue weighted by Crippen LogP contribution is 2.44. The van der Waals surface area contributed by atoms with Gasteiger partial charge in [-0.25, -0.2) is 0 Å². The van der Waals surface area contributed by atoms with E-state index in [-0.39, 0.29) is 11.7 Å². The van der Waals surface area contributed by atoms with Gasteiger partial charge in [0.2, 0.25) is 0 Å². The van der Waals surface area contributed by atoms with Crippen LogP contribution in [0.2, 0.25) is 10.0 Å². The van der Waals surface area contributed by atoms with Gasteiger partial charge in [-0.05, 0) is 23.6 Å². The summed E-state index contributed by atoms with van der Waals surface area (Å²) in [5.41, 5.74) is 2.43. The maximum atomic E-state index is 12.6. The molecule has 102 valence electrons. The van der Waals surface area contributed by atoms with E-state index in [4.69, 9.17) is 27.9 Å². The predicted molar refractivity (Wildman–Crippen MR) is 80.2 cm³/mol. The summed E-state index contributed by atoms with van der Waals surface area (Å²) in [5.74, 6) is 0.351. The van der Waals surface area contributed by atoms with Crippen molar-refractivity contribution in [3.63, 3.8) is 0 Å². The number of hydrogen-bond acceptors (Lipinski definition) is 2. The van der Waals surface area contributed by atoms with Gasteiger partial charge in [-0.3, -0.25) is 4.79 Å². The van der Waals surface area contributed by atoms with Crippen LogP contribution in [0.15, 0.2) is 36.4 Å². The Morgan fingerprint density at radius 2 is 1.85 bits per heavy atom. The number of ether oxygens (including phenoxy) is 1. The molecule has 1 aliphatic carbocycles. The average molecular weight is 307 g/mol. The van der Waals surface area contributed by atoms with Crippen LogP contribution in [0.1, 0.15) is 27.4 Å². The second-order valence-electron chi connectivity index (χ2n) is 4.77. The van der Waals surface area contributed by atoms with E-state index >= 15 is 0 Å². The lowest BCUT2D eigenvalue weighted by Gasteiger charge is -2.08. The van der Waals surface area contributed by atoms with Crippen molar-refractivity contribution in [2.75, 3.05) is 7.11 Å². The molecule has 0 aromatic heterocycles. The first-order valence-electron chi connectivity index (χ1n) is 6.27. The van der Waals surface area contributed by atoms with Gasteiger partial charge in [-0.15, -0.1) is 0 Å². The highest BCUT2D eigenvalue weighted by molar-refractivity contribution is 6.45. The molecular weight excluding hydrogens is 295 g/mol. The lowest BCUT2D eigenvalue weighted by molar-refractivity contribution is 0.0973. The van der Waals surface area contributed by atoms with Gasteiger partial charge in [0.15, 0.2) is 5.78 Å². The topological polar surface area (TPSA) is 26.3 Å². The summed E-state index contributed by atoms with van der Waals surface area (Å²) in [4.78, 5) is 12.6. The summed E-state index contributed by atoms with van der Waals surface area (Å²) >= 11 is 12.4. The van der Waals surface area contributed by atoms with E-state index < -0.39 is 0 Å². The first kappa shape index (κ1) is 13.5. The summed E-state index contributed by atoms with van der Waals surface area (Å²) in [5, 5.41) is 0.597. The maximum absolute atomic E-state index is 12.6. The van der Waals surface area contributed by atoms with E-state index in [1.54, 1.807) is 0 Å². The maximum Gasteiger partial charge on any atom is 0.172 e. The van der Waals surface area contributed by atoms with Gasteiger partial charge in [0.1, 0.15) is 10.8 Å². The molecule has 0 N–H and O–H groups in total. The van der Waals surface area contributed by atoms with E-state index in [2.05, 4.69) is 0 Å². The first-order valence-corrected chi connectivity index (χ1v) is 7.03. The van der Waals surface area contributed by atoms with Crippen LogP contribution in [0.3, 0.4) is 0 Å². The van der Waals surface area contributed by atoms with Crippen LogP contribution in [0.5, 0.6) is 5.75 Å². The summed E-state index contributed by atoms with van der Waals surface area (Å²) < 4.78 is 5.20. The number of methoxy groups -OCH3 is 1. The molecular formula is C16H12Cl2O2. The molecule has 4 heteroatoms. The van der Waals surface area contributed by atoms with Crippen LogP contribution in [-0.2, 0) is 6.42 Å². The van der Waals surface area contributed by atoms with Gasteiger partial charge in [0.05, 0.1) is 18.1 Å². The van der Waals surface area contributed by atoms with Gasteiger partial charge < -0.3 is 4.74 Å². The molecule has 1 aliphatic rings. The minimum atomic E-state index is -0.188. The fourth-order valence-corrected chi connectivity index (χ4v) is 3.20. The van der Waals surface area contributed by atoms with E-state index in [9.17, 15) is 4.79 Å². The molecule has 0 bridgehead atoms. The van der Waals surface area contributed by atoms with Gasteiger partial charge in [0.25, 0.3) is 0 Å². The van der Waals surface area contributed by atoms with E-state index in [0.29, 0.717) is 27.8 Å². The summed E-state index contributed by atoms with van der Waals surface area (Å²) in [7, 11) is 1.54. The van der Waals surface area contributed by atoms with E-state index in [1.165, 1.54) is 7.11 Å². The normalized spacial score (nSPS) is 17.1. The molecule has 0 heterocycles. The van der Waals surface area contributed by atoms with Crippen LogP contribution in [0, 0.1) is 0 Å². The third kappa shape index (κ3) is 2.00. The van der Waals surface area contributed by atoms with Crippen molar-refractivity contribution in [1.29, 1.82) is 0 Å². The number of fused-ring (bicyclic) bond motifs is 1. The van der Waals surface area contributed by atoms with Crippen LogP contribution >= 0.6 is 23.2 Å². The lowest BCUT2D eigenvalue weighted by Crippen LogP contribution is -2.07. The van der Waals surface area contributed by atoms with Gasteiger partial charge >= 0.3 is 0 Å². The molecule has 0 unspecified atom stereocenters. The Hall–Kier alpha value is -1.51. The average Bonchev–Trinajstić information content (AvgIpc) is 2.81. The SMILES string of the molecule is COc1cc2c(c(Cl)c1Cl)C(=O)[C@@H](c1ccccc1)C2. The Morgan fingerprint density at radius 1 is 1.15 bits per heavy atom. The van der Waals surface area contributed by atoms with Crippen molar-refractivity contribution in [2.45, 2.75) is 12.3 Å². The van der Waals surface area contributed by atoms with E-state index in [1.807, 2.05) is 36.4 Å². The summed E-state index contributed by atoms with van der Waals surface area (Å²) in [6, 6.07) is 11.5. The molecule has 0 amide bonds. The number of carbonyl (C=O) groups excluding carboxylic acids is 1. The zero-order chi connectivity index (χ0) is 14.3. The quantitative estimate of drug-likeness (QED) is 0.815. The van der Waals surface area contributed by atoms with Crippen LogP contribution < -0.4 is 4.74 Å². The Morgan fingerprint density at radius 3 is 2.50 bits per heavy atom. The predicted octanol–water partition coefficient (Wildman–Crippen LogP) is 4.52. The molecule has 0 radical (unpaired) electrons. The van der Waals surface area contributed by atoms with Gasteiger partial charge in [0, 0.05) is 5.56 Å². The number of hydrogen-bond donors (Lipinski definition) is 0. The fraction of sp³-hybridized carbons (Fsp3) is 0.188. The highest BCUT2D eigenvalue weighted by atomic mass is 35.5. The van der Waals surface area contributed by atoms with Gasteiger partial charge in [-0.2, -0.15) is 0 Å². The molecule has 0 aliphatic heterocycles. The largest absolute Gasteiger partial charge is 0.495 e. The Kier molecular flexibility index (Phi) is 3.45. The molecule has 20 heavy (non-hydrogen) atoms. The molecule has 2 aromatic carbocycles. The zero-order valence-corrected chi connectivity index (χ0v) is 12.3.